The van der Waals surface area contributed by atoms with Crippen molar-refractivity contribution in [1.29, 1.82) is 0 Å². The van der Waals surface area contributed by atoms with Gasteiger partial charge in [-0.15, -0.1) is 11.6 Å². The van der Waals surface area contributed by atoms with Crippen LogP contribution in [0.25, 0.3) is 0 Å². The number of hydrogen-bond acceptors (Lipinski definition) is 1. The van der Waals surface area contributed by atoms with Crippen LogP contribution in [0.5, 0.6) is 0 Å². The Bertz CT molecular complexity index is 397. The summed E-state index contributed by atoms with van der Waals surface area (Å²) in [5.74, 6) is 0.392. The highest BCUT2D eigenvalue weighted by Crippen LogP contribution is 2.27. The highest BCUT2D eigenvalue weighted by Gasteiger charge is 2.19. The normalized spacial score (nSPS) is 24.2. The van der Waals surface area contributed by atoms with Gasteiger partial charge in [0.2, 0.25) is 0 Å². The highest BCUT2D eigenvalue weighted by atomic mass is 35.5. The van der Waals surface area contributed by atoms with Crippen molar-refractivity contribution in [1.82, 2.24) is 5.32 Å². The van der Waals surface area contributed by atoms with Crippen molar-refractivity contribution in [2.75, 3.05) is 6.54 Å². The number of hydrogen-bond donors (Lipinski definition) is 1. The molecule has 2 atom stereocenters. The minimum Gasteiger partial charge on any atom is -0.312 e. The first-order valence-electron chi connectivity index (χ1n) is 6.44. The Morgan fingerprint density at radius 3 is 2.94 bits per heavy atom. The van der Waals surface area contributed by atoms with Gasteiger partial charge in [-0.1, -0.05) is 18.0 Å². The van der Waals surface area contributed by atoms with Crippen LogP contribution in [0.15, 0.2) is 18.2 Å². The summed E-state index contributed by atoms with van der Waals surface area (Å²) in [5.41, 5.74) is 0.815. The van der Waals surface area contributed by atoms with Crippen LogP contribution >= 0.6 is 23.2 Å². The highest BCUT2D eigenvalue weighted by molar-refractivity contribution is 6.31. The van der Waals surface area contributed by atoms with Crippen LogP contribution in [0.2, 0.25) is 5.02 Å². The van der Waals surface area contributed by atoms with Crippen molar-refractivity contribution in [2.45, 2.75) is 37.6 Å². The molecular formula is C14H18Cl2FN. The van der Waals surface area contributed by atoms with E-state index in [4.69, 9.17) is 23.2 Å². The smallest absolute Gasteiger partial charge is 0.123 e. The van der Waals surface area contributed by atoms with Gasteiger partial charge in [0.25, 0.3) is 0 Å². The fourth-order valence-electron chi connectivity index (χ4n) is 2.50. The van der Waals surface area contributed by atoms with Crippen LogP contribution < -0.4 is 5.32 Å². The first-order valence-corrected chi connectivity index (χ1v) is 7.25. The Morgan fingerprint density at radius 1 is 1.33 bits per heavy atom. The zero-order chi connectivity index (χ0) is 13.0. The molecule has 1 saturated carbocycles. The van der Waals surface area contributed by atoms with Gasteiger partial charge < -0.3 is 5.32 Å². The van der Waals surface area contributed by atoms with Crippen LogP contribution in [-0.4, -0.2) is 11.9 Å². The largest absolute Gasteiger partial charge is 0.312 e. The Morgan fingerprint density at radius 2 is 2.17 bits per heavy atom. The third-order valence-electron chi connectivity index (χ3n) is 3.48. The molecule has 0 bridgehead atoms. The van der Waals surface area contributed by atoms with Crippen molar-refractivity contribution < 1.29 is 4.39 Å². The van der Waals surface area contributed by atoms with Gasteiger partial charge >= 0.3 is 0 Å². The van der Waals surface area contributed by atoms with E-state index in [-0.39, 0.29) is 5.82 Å². The molecule has 0 aliphatic heterocycles. The third-order valence-corrected chi connectivity index (χ3v) is 4.24. The molecule has 100 valence electrons. The van der Waals surface area contributed by atoms with E-state index in [9.17, 15) is 4.39 Å². The maximum Gasteiger partial charge on any atom is 0.123 e. The van der Waals surface area contributed by atoms with Gasteiger partial charge in [-0.05, 0) is 55.5 Å². The SMILES string of the molecule is Fc1ccc(Cl)c(CNCC2CCCC(Cl)C2)c1. The molecule has 0 saturated heterocycles. The van der Waals surface area contributed by atoms with E-state index in [1.807, 2.05) is 0 Å². The summed E-state index contributed by atoms with van der Waals surface area (Å²) in [6.45, 7) is 1.54. The van der Waals surface area contributed by atoms with Crippen molar-refractivity contribution in [3.63, 3.8) is 0 Å². The Balaban J connectivity index is 1.79. The van der Waals surface area contributed by atoms with E-state index in [0.717, 1.165) is 24.9 Å². The second-order valence-corrected chi connectivity index (χ2v) is 6.02. The van der Waals surface area contributed by atoms with Gasteiger partial charge in [0.1, 0.15) is 5.82 Å². The van der Waals surface area contributed by atoms with E-state index in [2.05, 4.69) is 5.32 Å². The molecule has 1 N–H and O–H groups in total. The molecule has 1 nitrogen and oxygen atoms in total. The van der Waals surface area contributed by atoms with Crippen molar-refractivity contribution >= 4 is 23.2 Å². The minimum absolute atomic E-state index is 0.241. The van der Waals surface area contributed by atoms with Crippen molar-refractivity contribution in [3.8, 4) is 0 Å². The molecule has 2 rings (SSSR count). The zero-order valence-corrected chi connectivity index (χ0v) is 11.8. The zero-order valence-electron chi connectivity index (χ0n) is 10.3. The monoisotopic (exact) mass is 289 g/mol. The molecule has 18 heavy (non-hydrogen) atoms. The standard InChI is InChI=1S/C14H18Cl2FN/c15-12-3-1-2-10(6-12)8-18-9-11-7-13(17)4-5-14(11)16/h4-5,7,10,12,18H,1-3,6,8-9H2. The molecule has 1 aliphatic rings. The Kier molecular flexibility index (Phi) is 5.28. The molecule has 2 unspecified atom stereocenters. The van der Waals surface area contributed by atoms with E-state index >= 15 is 0 Å². The van der Waals surface area contributed by atoms with E-state index in [1.54, 1.807) is 6.07 Å². The van der Waals surface area contributed by atoms with Crippen LogP contribution in [0.1, 0.15) is 31.2 Å². The minimum atomic E-state index is -0.241. The fourth-order valence-corrected chi connectivity index (χ4v) is 3.09. The van der Waals surface area contributed by atoms with Crippen LogP contribution in [0.4, 0.5) is 4.39 Å². The maximum atomic E-state index is 13.1. The van der Waals surface area contributed by atoms with E-state index in [1.165, 1.54) is 25.0 Å². The molecule has 1 aromatic carbocycles. The molecule has 0 aromatic heterocycles. The maximum absolute atomic E-state index is 13.1. The fraction of sp³-hybridized carbons (Fsp3) is 0.571. The molecule has 0 amide bonds. The van der Waals surface area contributed by atoms with E-state index in [0.29, 0.717) is 22.9 Å². The van der Waals surface area contributed by atoms with E-state index < -0.39 is 0 Å². The molecule has 0 radical (unpaired) electrons. The summed E-state index contributed by atoms with van der Waals surface area (Å²) < 4.78 is 13.1. The molecule has 4 heteroatoms. The van der Waals surface area contributed by atoms with Gasteiger partial charge in [0, 0.05) is 16.9 Å². The van der Waals surface area contributed by atoms with Gasteiger partial charge in [0.05, 0.1) is 0 Å². The Hall–Kier alpha value is -0.310. The molecule has 1 aromatic rings. The molecule has 0 heterocycles. The molecule has 1 aliphatic carbocycles. The van der Waals surface area contributed by atoms with Crippen LogP contribution in [-0.2, 0) is 6.54 Å². The summed E-state index contributed by atoms with van der Waals surface area (Å²) in [6, 6.07) is 4.47. The molecular weight excluding hydrogens is 272 g/mol. The first kappa shape index (κ1) is 14.1. The lowest BCUT2D eigenvalue weighted by atomic mass is 9.89. The van der Waals surface area contributed by atoms with Crippen molar-refractivity contribution in [3.05, 3.63) is 34.6 Å². The number of nitrogens with one attached hydrogen (secondary N) is 1. The second kappa shape index (κ2) is 6.74. The third kappa shape index (κ3) is 4.11. The summed E-state index contributed by atoms with van der Waals surface area (Å²) in [4.78, 5) is 0. The molecule has 1 fully saturated rings. The van der Waals surface area contributed by atoms with Gasteiger partial charge in [-0.3, -0.25) is 0 Å². The summed E-state index contributed by atoms with van der Waals surface area (Å²) in [6.07, 6.45) is 4.65. The predicted molar refractivity (Wildman–Crippen MR) is 74.7 cm³/mol. The lowest BCUT2D eigenvalue weighted by molar-refractivity contribution is 0.346. The van der Waals surface area contributed by atoms with Crippen LogP contribution in [0, 0.1) is 11.7 Å². The average molecular weight is 290 g/mol. The number of benzene rings is 1. The average Bonchev–Trinajstić information content (AvgIpc) is 2.34. The number of rotatable bonds is 4. The first-order chi connectivity index (χ1) is 8.65. The summed E-state index contributed by atoms with van der Waals surface area (Å²) in [7, 11) is 0. The quantitative estimate of drug-likeness (QED) is 0.812. The molecule has 0 spiro atoms. The van der Waals surface area contributed by atoms with Gasteiger partial charge in [0.15, 0.2) is 0 Å². The Labute approximate surface area is 118 Å². The summed E-state index contributed by atoms with van der Waals surface area (Å²) >= 11 is 12.2. The lowest BCUT2D eigenvalue weighted by Crippen LogP contribution is -2.27. The second-order valence-electron chi connectivity index (χ2n) is 5.00. The van der Waals surface area contributed by atoms with Crippen LogP contribution in [0.3, 0.4) is 0 Å². The number of alkyl halides is 1. The number of halogens is 3. The predicted octanol–water partition coefficient (Wildman–Crippen LogP) is 4.37. The van der Waals surface area contributed by atoms with Gasteiger partial charge in [-0.2, -0.15) is 0 Å². The topological polar surface area (TPSA) is 12.0 Å². The van der Waals surface area contributed by atoms with Gasteiger partial charge in [-0.25, -0.2) is 4.39 Å². The van der Waals surface area contributed by atoms with Crippen molar-refractivity contribution in [2.24, 2.45) is 5.92 Å². The lowest BCUT2D eigenvalue weighted by Gasteiger charge is -2.25. The summed E-state index contributed by atoms with van der Waals surface area (Å²) in [5, 5.41) is 4.29.